The van der Waals surface area contributed by atoms with E-state index in [9.17, 15) is 25.6 Å². The molecule has 0 aromatic carbocycles. The average molecular weight is 237 g/mol. The third-order valence-electron chi connectivity index (χ3n) is 0.946. The van der Waals surface area contributed by atoms with Gasteiger partial charge in [0.2, 0.25) is 20.0 Å². The zero-order valence-corrected chi connectivity index (χ0v) is 8.17. The molecule has 0 atom stereocenters. The van der Waals surface area contributed by atoms with Gasteiger partial charge in [-0.2, -0.15) is 0 Å². The van der Waals surface area contributed by atoms with E-state index in [1.165, 1.54) is 4.13 Å². The predicted octanol–water partition coefficient (Wildman–Crippen LogP) is -0.825. The quantitative estimate of drug-likeness (QED) is 0.654. The maximum Gasteiger partial charge on any atom is 0.227 e. The second-order valence-corrected chi connectivity index (χ2v) is 6.04. The Labute approximate surface area is 75.2 Å². The summed E-state index contributed by atoms with van der Waals surface area (Å²) in [5.41, 5.74) is 0. The van der Waals surface area contributed by atoms with Crippen LogP contribution in [0.2, 0.25) is 0 Å². The molecule has 0 saturated heterocycles. The van der Waals surface area contributed by atoms with Crippen molar-refractivity contribution in [3.8, 4) is 0 Å². The van der Waals surface area contributed by atoms with Crippen LogP contribution in [0.4, 0.5) is 8.78 Å². The normalized spacial score (nSPS) is 13.1. The Bertz CT molecular complexity index is 301. The fraction of sp³-hybridized carbons (Fsp3) is 1.00. The summed E-state index contributed by atoms with van der Waals surface area (Å²) in [5, 5.41) is 0. The van der Waals surface area contributed by atoms with Crippen molar-refractivity contribution < 1.29 is 25.6 Å². The highest BCUT2D eigenvalue weighted by atomic mass is 32.3. The Balaban J connectivity index is 4.44. The summed E-state index contributed by atoms with van der Waals surface area (Å²) >= 11 is 0. The number of rotatable bonds is 6. The zero-order chi connectivity index (χ0) is 10.5. The first-order valence-electron chi connectivity index (χ1n) is 3.19. The molecule has 0 aromatic rings. The first kappa shape index (κ1) is 12.7. The molecule has 0 bridgehead atoms. The number of alkyl halides is 2. The lowest BCUT2D eigenvalue weighted by Crippen LogP contribution is -2.35. The zero-order valence-electron chi connectivity index (χ0n) is 6.53. The molecular weight excluding hydrogens is 228 g/mol. The van der Waals surface area contributed by atoms with E-state index in [0.29, 0.717) is 0 Å². The van der Waals surface area contributed by atoms with Crippen LogP contribution in [0.3, 0.4) is 0 Å². The summed E-state index contributed by atoms with van der Waals surface area (Å²) in [4.78, 5) is 0. The number of hydrogen-bond acceptors (Lipinski definition) is 4. The van der Waals surface area contributed by atoms with Gasteiger partial charge in [0, 0.05) is 0 Å². The minimum atomic E-state index is -4.19. The van der Waals surface area contributed by atoms with Crippen LogP contribution in [-0.2, 0) is 20.0 Å². The van der Waals surface area contributed by atoms with Gasteiger partial charge < -0.3 is 0 Å². The summed E-state index contributed by atoms with van der Waals surface area (Å²) in [6.07, 6.45) is 0. The van der Waals surface area contributed by atoms with Gasteiger partial charge in [-0.1, -0.05) is 0 Å². The predicted molar refractivity (Wildman–Crippen MR) is 42.7 cm³/mol. The largest absolute Gasteiger partial charge is 0.250 e. The van der Waals surface area contributed by atoms with Crippen LogP contribution < -0.4 is 4.13 Å². The van der Waals surface area contributed by atoms with E-state index < -0.39 is 44.9 Å². The highest BCUT2D eigenvalue weighted by Gasteiger charge is 2.19. The molecule has 9 heteroatoms. The number of nitrogens with one attached hydrogen (secondary N) is 1. The van der Waals surface area contributed by atoms with Gasteiger partial charge in [0.1, 0.15) is 13.3 Å². The van der Waals surface area contributed by atoms with E-state index >= 15 is 0 Å². The molecule has 0 amide bonds. The van der Waals surface area contributed by atoms with Crippen molar-refractivity contribution in [3.05, 3.63) is 0 Å². The average Bonchev–Trinajstić information content (AvgIpc) is 1.82. The maximum atomic E-state index is 11.6. The molecule has 80 valence electrons. The summed E-state index contributed by atoms with van der Waals surface area (Å²) < 4.78 is 67.0. The first-order valence-corrected chi connectivity index (χ1v) is 6.49. The fourth-order valence-electron chi connectivity index (χ4n) is 0.480. The Morgan fingerprint density at radius 3 is 1.38 bits per heavy atom. The molecule has 0 rings (SSSR count). The molecule has 0 aliphatic rings. The Morgan fingerprint density at radius 2 is 1.15 bits per heavy atom. The van der Waals surface area contributed by atoms with Crippen LogP contribution in [0.25, 0.3) is 0 Å². The summed E-state index contributed by atoms with van der Waals surface area (Å²) in [6, 6.07) is 0. The van der Waals surface area contributed by atoms with Gasteiger partial charge in [-0.25, -0.2) is 25.6 Å². The van der Waals surface area contributed by atoms with Crippen molar-refractivity contribution in [2.75, 3.05) is 24.9 Å². The van der Waals surface area contributed by atoms with Crippen molar-refractivity contribution in [3.63, 3.8) is 0 Å². The number of hydrogen-bond donors (Lipinski definition) is 1. The van der Waals surface area contributed by atoms with Gasteiger partial charge in [0.05, 0.1) is 11.5 Å². The maximum absolute atomic E-state index is 11.6. The van der Waals surface area contributed by atoms with Gasteiger partial charge in [0.25, 0.3) is 0 Å². The molecule has 0 spiro atoms. The molecule has 0 aromatic heterocycles. The van der Waals surface area contributed by atoms with E-state index in [1.54, 1.807) is 0 Å². The molecule has 0 aliphatic heterocycles. The molecule has 1 N–H and O–H groups in total. The van der Waals surface area contributed by atoms with Crippen molar-refractivity contribution in [1.29, 1.82) is 0 Å². The van der Waals surface area contributed by atoms with Crippen molar-refractivity contribution in [2.45, 2.75) is 0 Å². The molecule has 0 saturated carbocycles. The number of sulfonamides is 2. The lowest BCUT2D eigenvalue weighted by atomic mass is 10.9. The first-order chi connectivity index (χ1) is 5.83. The van der Waals surface area contributed by atoms with E-state index in [0.717, 1.165) is 0 Å². The lowest BCUT2D eigenvalue weighted by molar-refractivity contribution is 0.511. The van der Waals surface area contributed by atoms with E-state index in [-0.39, 0.29) is 0 Å². The Morgan fingerprint density at radius 1 is 0.846 bits per heavy atom. The van der Waals surface area contributed by atoms with Crippen LogP contribution in [0, 0.1) is 0 Å². The molecule has 5 nitrogen and oxygen atoms in total. The minimum Gasteiger partial charge on any atom is -0.250 e. The summed E-state index contributed by atoms with van der Waals surface area (Å²) in [7, 11) is -8.38. The second kappa shape index (κ2) is 4.82. The highest BCUT2D eigenvalue weighted by molar-refractivity contribution is 8.04. The van der Waals surface area contributed by atoms with Gasteiger partial charge in [-0.15, -0.1) is 4.13 Å². The smallest absolute Gasteiger partial charge is 0.227 e. The molecule has 0 unspecified atom stereocenters. The molecule has 0 fully saturated rings. The van der Waals surface area contributed by atoms with Crippen LogP contribution in [-0.4, -0.2) is 41.7 Å². The highest BCUT2D eigenvalue weighted by Crippen LogP contribution is 1.92. The molecule has 0 heterocycles. The van der Waals surface area contributed by atoms with Crippen molar-refractivity contribution in [1.82, 2.24) is 4.13 Å². The van der Waals surface area contributed by atoms with Crippen molar-refractivity contribution >= 4 is 20.0 Å². The van der Waals surface area contributed by atoms with Crippen LogP contribution >= 0.6 is 0 Å². The third-order valence-corrected chi connectivity index (χ3v) is 4.36. The van der Waals surface area contributed by atoms with Gasteiger partial charge in [0.15, 0.2) is 0 Å². The fourth-order valence-corrected chi connectivity index (χ4v) is 3.10. The monoisotopic (exact) mass is 237 g/mol. The standard InChI is InChI=1S/C4H9F2NO4S2/c5-1-3-12(8,9)7-13(10,11)4-2-6/h7H,1-4H2. The summed E-state index contributed by atoms with van der Waals surface area (Å²) in [6.45, 7) is -2.39. The minimum absolute atomic E-state index is 0.946. The van der Waals surface area contributed by atoms with Crippen LogP contribution in [0.1, 0.15) is 0 Å². The van der Waals surface area contributed by atoms with Gasteiger partial charge in [-0.3, -0.25) is 0 Å². The second-order valence-electron chi connectivity index (χ2n) is 2.10. The molecule has 0 radical (unpaired) electrons. The Kier molecular flexibility index (Phi) is 4.71. The van der Waals surface area contributed by atoms with E-state index in [1.807, 2.05) is 0 Å². The van der Waals surface area contributed by atoms with E-state index in [4.69, 9.17) is 0 Å². The molecule has 13 heavy (non-hydrogen) atoms. The number of halogens is 2. The molecule has 0 aliphatic carbocycles. The van der Waals surface area contributed by atoms with E-state index in [2.05, 4.69) is 0 Å². The van der Waals surface area contributed by atoms with Crippen LogP contribution in [0.5, 0.6) is 0 Å². The van der Waals surface area contributed by atoms with Gasteiger partial charge in [-0.05, 0) is 0 Å². The third kappa shape index (κ3) is 5.88. The topological polar surface area (TPSA) is 80.3 Å². The van der Waals surface area contributed by atoms with Crippen LogP contribution in [0.15, 0.2) is 0 Å². The summed E-state index contributed by atoms with van der Waals surface area (Å²) in [5.74, 6) is -1.89. The Hall–Kier alpha value is -0.280. The lowest BCUT2D eigenvalue weighted by Gasteiger charge is -2.03. The van der Waals surface area contributed by atoms with Gasteiger partial charge >= 0.3 is 0 Å². The van der Waals surface area contributed by atoms with Crippen molar-refractivity contribution in [2.24, 2.45) is 0 Å². The molecular formula is C4H9F2NO4S2. The SMILES string of the molecule is O=S(=O)(CCF)NS(=O)(=O)CCF.